The summed E-state index contributed by atoms with van der Waals surface area (Å²) in [6.45, 7) is 2.54. The Bertz CT molecular complexity index is 325. The number of nitrogens with two attached hydrogens (primary N) is 1. The Morgan fingerprint density at radius 3 is 2.85 bits per heavy atom. The maximum atomic E-state index is 12.7. The highest BCUT2D eigenvalue weighted by Crippen LogP contribution is 2.15. The molecule has 1 aromatic carbocycles. The standard InChI is InChI=1S/C9H11FN2O/c1-2-12-8-4-3-6(10)5-7(8)9(11)13/h3-5,12H,2H2,1H3,(H2,11,13). The fraction of sp³-hybridized carbons (Fsp3) is 0.222. The van der Waals surface area contributed by atoms with E-state index < -0.39 is 11.7 Å². The van der Waals surface area contributed by atoms with Crippen LogP contribution in [0.2, 0.25) is 0 Å². The lowest BCUT2D eigenvalue weighted by Crippen LogP contribution is -2.14. The number of carbonyl (C=O) groups excluding carboxylic acids is 1. The summed E-state index contributed by atoms with van der Waals surface area (Å²) < 4.78 is 12.7. The summed E-state index contributed by atoms with van der Waals surface area (Å²) in [7, 11) is 0. The third-order valence-corrected chi connectivity index (χ3v) is 1.61. The Labute approximate surface area is 75.7 Å². The van der Waals surface area contributed by atoms with Crippen molar-refractivity contribution >= 4 is 11.6 Å². The molecule has 0 unspecified atom stereocenters. The van der Waals surface area contributed by atoms with E-state index in [1.165, 1.54) is 12.1 Å². The SMILES string of the molecule is CCNc1ccc(F)cc1C(N)=O. The molecule has 3 nitrogen and oxygen atoms in total. The van der Waals surface area contributed by atoms with Crippen molar-refractivity contribution in [2.75, 3.05) is 11.9 Å². The van der Waals surface area contributed by atoms with E-state index in [1.54, 1.807) is 0 Å². The number of carbonyl (C=O) groups is 1. The Hall–Kier alpha value is -1.58. The molecule has 0 spiro atoms. The van der Waals surface area contributed by atoms with E-state index in [2.05, 4.69) is 5.32 Å². The van der Waals surface area contributed by atoms with Gasteiger partial charge in [-0.25, -0.2) is 4.39 Å². The normalized spacial score (nSPS) is 9.69. The lowest BCUT2D eigenvalue weighted by Gasteiger charge is -2.07. The lowest BCUT2D eigenvalue weighted by atomic mass is 10.1. The fourth-order valence-corrected chi connectivity index (χ4v) is 1.06. The van der Waals surface area contributed by atoms with Gasteiger partial charge in [0.2, 0.25) is 0 Å². The monoisotopic (exact) mass is 182 g/mol. The van der Waals surface area contributed by atoms with Crippen LogP contribution in [0.5, 0.6) is 0 Å². The number of benzene rings is 1. The van der Waals surface area contributed by atoms with E-state index in [1.807, 2.05) is 6.92 Å². The van der Waals surface area contributed by atoms with Gasteiger partial charge < -0.3 is 11.1 Å². The molecule has 0 heterocycles. The summed E-state index contributed by atoms with van der Waals surface area (Å²) in [5, 5.41) is 2.92. The third kappa shape index (κ3) is 2.18. The number of anilines is 1. The van der Waals surface area contributed by atoms with Crippen molar-refractivity contribution in [2.24, 2.45) is 5.73 Å². The van der Waals surface area contributed by atoms with Crippen LogP contribution in [0.1, 0.15) is 17.3 Å². The minimum Gasteiger partial charge on any atom is -0.385 e. The summed E-state index contributed by atoms with van der Waals surface area (Å²) >= 11 is 0. The van der Waals surface area contributed by atoms with Crippen molar-refractivity contribution in [3.05, 3.63) is 29.6 Å². The minimum absolute atomic E-state index is 0.182. The summed E-state index contributed by atoms with van der Waals surface area (Å²) in [4.78, 5) is 10.9. The number of rotatable bonds is 3. The van der Waals surface area contributed by atoms with E-state index in [4.69, 9.17) is 5.73 Å². The van der Waals surface area contributed by atoms with Crippen molar-refractivity contribution in [3.8, 4) is 0 Å². The Kier molecular flexibility index (Phi) is 2.84. The predicted octanol–water partition coefficient (Wildman–Crippen LogP) is 1.36. The molecule has 3 N–H and O–H groups in total. The number of halogens is 1. The van der Waals surface area contributed by atoms with Gasteiger partial charge in [0.15, 0.2) is 0 Å². The van der Waals surface area contributed by atoms with Crippen LogP contribution in [0.4, 0.5) is 10.1 Å². The lowest BCUT2D eigenvalue weighted by molar-refractivity contribution is 0.100. The largest absolute Gasteiger partial charge is 0.385 e. The molecule has 0 aliphatic carbocycles. The number of amides is 1. The molecule has 1 aromatic rings. The predicted molar refractivity (Wildman–Crippen MR) is 49.1 cm³/mol. The number of primary amides is 1. The first-order valence-corrected chi connectivity index (χ1v) is 3.98. The zero-order valence-electron chi connectivity index (χ0n) is 7.30. The molecule has 70 valence electrons. The molecule has 0 aliphatic heterocycles. The van der Waals surface area contributed by atoms with Crippen LogP contribution >= 0.6 is 0 Å². The van der Waals surface area contributed by atoms with Gasteiger partial charge in [-0.1, -0.05) is 0 Å². The summed E-state index contributed by atoms with van der Waals surface area (Å²) in [5.74, 6) is -1.09. The molecule has 4 heteroatoms. The molecule has 1 amide bonds. The highest BCUT2D eigenvalue weighted by Gasteiger charge is 2.07. The Morgan fingerprint density at radius 2 is 2.31 bits per heavy atom. The van der Waals surface area contributed by atoms with Gasteiger partial charge in [-0.3, -0.25) is 4.79 Å². The zero-order valence-corrected chi connectivity index (χ0v) is 7.30. The Morgan fingerprint density at radius 1 is 1.62 bits per heavy atom. The summed E-state index contributed by atoms with van der Waals surface area (Å²) in [6, 6.07) is 3.91. The van der Waals surface area contributed by atoms with Crippen molar-refractivity contribution < 1.29 is 9.18 Å². The van der Waals surface area contributed by atoms with Crippen LogP contribution < -0.4 is 11.1 Å². The van der Waals surface area contributed by atoms with Crippen molar-refractivity contribution in [3.63, 3.8) is 0 Å². The van der Waals surface area contributed by atoms with Gasteiger partial charge in [-0.05, 0) is 25.1 Å². The van der Waals surface area contributed by atoms with Crippen LogP contribution in [0.25, 0.3) is 0 Å². The van der Waals surface area contributed by atoms with E-state index >= 15 is 0 Å². The second kappa shape index (κ2) is 3.89. The smallest absolute Gasteiger partial charge is 0.250 e. The Balaban J connectivity index is 3.10. The van der Waals surface area contributed by atoms with E-state index in [0.717, 1.165) is 6.07 Å². The molecule has 0 atom stereocenters. The first kappa shape index (κ1) is 9.51. The minimum atomic E-state index is -0.629. The molecule has 0 radical (unpaired) electrons. The average molecular weight is 182 g/mol. The molecule has 0 saturated heterocycles. The molecule has 0 aromatic heterocycles. The topological polar surface area (TPSA) is 55.1 Å². The molecule has 13 heavy (non-hydrogen) atoms. The van der Waals surface area contributed by atoms with Crippen molar-refractivity contribution in [1.29, 1.82) is 0 Å². The first-order chi connectivity index (χ1) is 6.15. The number of hydrogen-bond donors (Lipinski definition) is 2. The van der Waals surface area contributed by atoms with Crippen LogP contribution in [-0.2, 0) is 0 Å². The zero-order chi connectivity index (χ0) is 9.84. The van der Waals surface area contributed by atoms with Gasteiger partial charge in [0.1, 0.15) is 5.82 Å². The molecule has 0 fully saturated rings. The second-order valence-corrected chi connectivity index (χ2v) is 2.58. The molecule has 0 bridgehead atoms. The second-order valence-electron chi connectivity index (χ2n) is 2.58. The molecular weight excluding hydrogens is 171 g/mol. The summed E-state index contributed by atoms with van der Waals surface area (Å²) in [5.41, 5.74) is 5.82. The van der Waals surface area contributed by atoms with Crippen molar-refractivity contribution in [1.82, 2.24) is 0 Å². The van der Waals surface area contributed by atoms with Crippen molar-refractivity contribution in [2.45, 2.75) is 6.92 Å². The molecule has 0 saturated carbocycles. The van der Waals surface area contributed by atoms with Gasteiger partial charge >= 0.3 is 0 Å². The summed E-state index contributed by atoms with van der Waals surface area (Å²) in [6.07, 6.45) is 0. The number of hydrogen-bond acceptors (Lipinski definition) is 2. The van der Waals surface area contributed by atoms with E-state index in [-0.39, 0.29) is 5.56 Å². The van der Waals surface area contributed by atoms with Gasteiger partial charge in [-0.2, -0.15) is 0 Å². The third-order valence-electron chi connectivity index (χ3n) is 1.61. The molecular formula is C9H11FN2O. The van der Waals surface area contributed by atoms with Crippen LogP contribution in [0.15, 0.2) is 18.2 Å². The van der Waals surface area contributed by atoms with E-state index in [0.29, 0.717) is 12.2 Å². The van der Waals surface area contributed by atoms with E-state index in [9.17, 15) is 9.18 Å². The maximum absolute atomic E-state index is 12.7. The van der Waals surface area contributed by atoms with Crippen LogP contribution in [0.3, 0.4) is 0 Å². The quantitative estimate of drug-likeness (QED) is 0.741. The van der Waals surface area contributed by atoms with Gasteiger partial charge in [-0.15, -0.1) is 0 Å². The maximum Gasteiger partial charge on any atom is 0.250 e. The highest BCUT2D eigenvalue weighted by atomic mass is 19.1. The van der Waals surface area contributed by atoms with Gasteiger partial charge in [0, 0.05) is 12.2 Å². The van der Waals surface area contributed by atoms with Crippen LogP contribution in [0, 0.1) is 5.82 Å². The highest BCUT2D eigenvalue weighted by molar-refractivity contribution is 5.98. The molecule has 0 aliphatic rings. The van der Waals surface area contributed by atoms with Crippen LogP contribution in [-0.4, -0.2) is 12.5 Å². The average Bonchev–Trinajstić information content (AvgIpc) is 2.08. The molecule has 1 rings (SSSR count). The number of nitrogens with one attached hydrogen (secondary N) is 1. The fourth-order valence-electron chi connectivity index (χ4n) is 1.06. The first-order valence-electron chi connectivity index (χ1n) is 3.98. The van der Waals surface area contributed by atoms with Gasteiger partial charge in [0.25, 0.3) is 5.91 Å². The van der Waals surface area contributed by atoms with Gasteiger partial charge in [0.05, 0.1) is 5.56 Å².